The van der Waals surface area contributed by atoms with E-state index in [1.54, 1.807) is 34.6 Å². The maximum atomic E-state index is 12.8. The number of hydrogen-bond donors (Lipinski definition) is 0. The zero-order valence-corrected chi connectivity index (χ0v) is 24.2. The summed E-state index contributed by atoms with van der Waals surface area (Å²) < 4.78 is 69.8. The van der Waals surface area contributed by atoms with Crippen molar-refractivity contribution in [1.82, 2.24) is 0 Å². The van der Waals surface area contributed by atoms with Crippen molar-refractivity contribution >= 4 is 23.9 Å². The van der Waals surface area contributed by atoms with Gasteiger partial charge >= 0.3 is 23.9 Å². The van der Waals surface area contributed by atoms with Crippen molar-refractivity contribution in [3.05, 3.63) is 0 Å². The van der Waals surface area contributed by atoms with Crippen LogP contribution in [0, 0.1) is 10.8 Å². The molecular weight excluding hydrogens is 516 g/mol. The molecule has 0 rings (SSSR count). The minimum Gasteiger partial charge on any atom is -0.465 e. The van der Waals surface area contributed by atoms with E-state index in [0.29, 0.717) is 26.7 Å². The number of carbonyl (C=O) groups is 4. The molecule has 0 aromatic carbocycles. The lowest BCUT2D eigenvalue weighted by Crippen LogP contribution is -2.34. The third-order valence-corrected chi connectivity index (χ3v) is 6.00. The Labute approximate surface area is 223 Å². The second-order valence-corrected chi connectivity index (χ2v) is 10.5. The van der Waals surface area contributed by atoms with E-state index in [2.05, 4.69) is 9.47 Å². The monoisotopic (exact) mass is 560 g/mol. The SMILES string of the molecule is CCC(C)(C)C(=O)OCC(=O)OC(C)C(C)(F)F.CCC(C)(C)C(=O)OCCCC(=O)OC(C)C(C)(F)F. The van der Waals surface area contributed by atoms with Crippen LogP contribution in [0.15, 0.2) is 0 Å². The van der Waals surface area contributed by atoms with Crippen LogP contribution in [0.2, 0.25) is 0 Å². The first kappa shape index (κ1) is 37.8. The van der Waals surface area contributed by atoms with E-state index in [1.165, 1.54) is 0 Å². The van der Waals surface area contributed by atoms with Crippen LogP contribution >= 0.6 is 0 Å². The largest absolute Gasteiger partial charge is 0.465 e. The Bertz CT molecular complexity index is 770. The number of rotatable bonds is 14. The summed E-state index contributed by atoms with van der Waals surface area (Å²) >= 11 is 0. The number of hydrogen-bond acceptors (Lipinski definition) is 8. The van der Waals surface area contributed by atoms with Crippen LogP contribution < -0.4 is 0 Å². The zero-order chi connectivity index (χ0) is 30.5. The Morgan fingerprint density at radius 2 is 1.03 bits per heavy atom. The average molecular weight is 561 g/mol. The van der Waals surface area contributed by atoms with Gasteiger partial charge in [-0.05, 0) is 60.8 Å². The molecule has 0 heterocycles. The molecule has 0 aromatic rings. The van der Waals surface area contributed by atoms with E-state index in [4.69, 9.17) is 9.47 Å². The molecule has 0 spiro atoms. The molecular formula is C26H44F4O8. The Kier molecular flexibility index (Phi) is 15.8. The first-order chi connectivity index (χ1) is 17.0. The fraction of sp³-hybridized carbons (Fsp3) is 0.846. The second-order valence-electron chi connectivity index (χ2n) is 10.5. The van der Waals surface area contributed by atoms with E-state index >= 15 is 0 Å². The highest BCUT2D eigenvalue weighted by atomic mass is 19.3. The lowest BCUT2D eigenvalue weighted by molar-refractivity contribution is -0.177. The molecule has 224 valence electrons. The van der Waals surface area contributed by atoms with Crippen molar-refractivity contribution in [3.8, 4) is 0 Å². The molecule has 0 aliphatic rings. The first-order valence-corrected chi connectivity index (χ1v) is 12.5. The summed E-state index contributed by atoms with van der Waals surface area (Å²) in [5, 5.41) is 0. The molecule has 0 radical (unpaired) electrons. The van der Waals surface area contributed by atoms with Crippen LogP contribution in [-0.4, -0.2) is 61.1 Å². The summed E-state index contributed by atoms with van der Waals surface area (Å²) in [6, 6.07) is 0. The van der Waals surface area contributed by atoms with Crippen molar-refractivity contribution in [1.29, 1.82) is 0 Å². The Balaban J connectivity index is 0. The van der Waals surface area contributed by atoms with Gasteiger partial charge in [-0.15, -0.1) is 0 Å². The van der Waals surface area contributed by atoms with Crippen molar-refractivity contribution in [2.75, 3.05) is 13.2 Å². The molecule has 0 aromatic heterocycles. The summed E-state index contributed by atoms with van der Waals surface area (Å²) in [6.45, 7) is 13.6. The number of alkyl halides is 4. The maximum Gasteiger partial charge on any atom is 0.344 e. The van der Waals surface area contributed by atoms with Gasteiger partial charge in [0.2, 0.25) is 0 Å². The smallest absolute Gasteiger partial charge is 0.344 e. The fourth-order valence-corrected chi connectivity index (χ4v) is 1.88. The third-order valence-electron chi connectivity index (χ3n) is 6.00. The van der Waals surface area contributed by atoms with Crippen molar-refractivity contribution < 1.29 is 55.7 Å². The normalized spacial score (nSPS) is 13.8. The van der Waals surface area contributed by atoms with Gasteiger partial charge < -0.3 is 18.9 Å². The van der Waals surface area contributed by atoms with E-state index in [9.17, 15) is 36.7 Å². The second kappa shape index (κ2) is 15.9. The van der Waals surface area contributed by atoms with Crippen LogP contribution in [0.5, 0.6) is 0 Å². The number of esters is 4. The van der Waals surface area contributed by atoms with E-state index < -0.39 is 59.4 Å². The van der Waals surface area contributed by atoms with Crippen LogP contribution in [-0.2, 0) is 38.1 Å². The highest BCUT2D eigenvalue weighted by Crippen LogP contribution is 2.23. The minimum atomic E-state index is -3.12. The van der Waals surface area contributed by atoms with E-state index in [1.807, 2.05) is 6.92 Å². The first-order valence-electron chi connectivity index (χ1n) is 12.5. The molecule has 0 saturated heterocycles. The summed E-state index contributed by atoms with van der Waals surface area (Å²) in [4.78, 5) is 45.6. The molecule has 0 saturated carbocycles. The molecule has 0 aliphatic heterocycles. The quantitative estimate of drug-likeness (QED) is 0.112. The number of carbonyl (C=O) groups excluding carboxylic acids is 4. The molecule has 0 N–H and O–H groups in total. The Hall–Kier alpha value is -2.40. The minimum absolute atomic E-state index is 0.0553. The van der Waals surface area contributed by atoms with Crippen molar-refractivity contribution in [2.24, 2.45) is 10.8 Å². The predicted octanol–water partition coefficient (Wildman–Crippen LogP) is 5.89. The summed E-state index contributed by atoms with van der Waals surface area (Å²) in [7, 11) is 0. The van der Waals surface area contributed by atoms with Crippen LogP contribution in [0.1, 0.15) is 94.9 Å². The zero-order valence-electron chi connectivity index (χ0n) is 24.2. The topological polar surface area (TPSA) is 105 Å². The Morgan fingerprint density at radius 1 is 0.658 bits per heavy atom. The molecule has 8 nitrogen and oxygen atoms in total. The van der Waals surface area contributed by atoms with Crippen molar-refractivity contribution in [2.45, 2.75) is 119 Å². The highest BCUT2D eigenvalue weighted by Gasteiger charge is 2.35. The van der Waals surface area contributed by atoms with Crippen LogP contribution in [0.3, 0.4) is 0 Å². The number of ether oxygens (including phenoxy) is 4. The van der Waals surface area contributed by atoms with Crippen LogP contribution in [0.4, 0.5) is 17.6 Å². The van der Waals surface area contributed by atoms with Gasteiger partial charge in [0.25, 0.3) is 11.8 Å². The molecule has 2 atom stereocenters. The average Bonchev–Trinajstić information content (AvgIpc) is 2.78. The van der Waals surface area contributed by atoms with E-state index in [0.717, 1.165) is 13.8 Å². The standard InChI is InChI=1S/C14H24F2O4.C12H20F2O4/c1-6-13(3,4)12(18)19-9-7-8-11(17)20-10(2)14(5,15)16;1-6-11(3,4)10(16)17-7-9(15)18-8(2)12(5,13)14/h10H,6-9H2,1-5H3;8H,6-7H2,1-5H3. The van der Waals surface area contributed by atoms with Gasteiger partial charge in [0.05, 0.1) is 17.4 Å². The van der Waals surface area contributed by atoms with Gasteiger partial charge in [0.1, 0.15) is 0 Å². The van der Waals surface area contributed by atoms with E-state index in [-0.39, 0.29) is 25.4 Å². The molecule has 2 unspecified atom stereocenters. The van der Waals surface area contributed by atoms with Gasteiger partial charge in [-0.25, -0.2) is 22.4 Å². The third kappa shape index (κ3) is 15.8. The van der Waals surface area contributed by atoms with Gasteiger partial charge in [0.15, 0.2) is 18.8 Å². The lowest BCUT2D eigenvalue weighted by atomic mass is 9.91. The fourth-order valence-electron chi connectivity index (χ4n) is 1.88. The van der Waals surface area contributed by atoms with Gasteiger partial charge in [-0.3, -0.25) is 14.4 Å². The highest BCUT2D eigenvalue weighted by molar-refractivity contribution is 5.79. The molecule has 0 fully saturated rings. The summed E-state index contributed by atoms with van der Waals surface area (Å²) in [6.07, 6.45) is -1.62. The molecule has 38 heavy (non-hydrogen) atoms. The molecule has 12 heteroatoms. The van der Waals surface area contributed by atoms with Gasteiger partial charge in [-0.1, -0.05) is 13.8 Å². The van der Waals surface area contributed by atoms with Gasteiger partial charge in [0, 0.05) is 20.3 Å². The summed E-state index contributed by atoms with van der Waals surface area (Å²) in [5.41, 5.74) is -1.26. The predicted molar refractivity (Wildman–Crippen MR) is 132 cm³/mol. The van der Waals surface area contributed by atoms with Crippen LogP contribution in [0.25, 0.3) is 0 Å². The lowest BCUT2D eigenvalue weighted by Gasteiger charge is -2.22. The maximum absolute atomic E-state index is 12.8. The molecule has 0 aliphatic carbocycles. The molecule has 0 bridgehead atoms. The van der Waals surface area contributed by atoms with Gasteiger partial charge in [-0.2, -0.15) is 0 Å². The number of halogens is 4. The Morgan fingerprint density at radius 3 is 1.39 bits per heavy atom. The summed E-state index contributed by atoms with van der Waals surface area (Å²) in [5.74, 6) is -8.77. The molecule has 0 amide bonds. The van der Waals surface area contributed by atoms with Crippen molar-refractivity contribution in [3.63, 3.8) is 0 Å².